The molecule has 1 rings (SSSR count). The molecule has 1 amide bonds. The third-order valence-corrected chi connectivity index (χ3v) is 2.73. The van der Waals surface area contributed by atoms with E-state index in [1.165, 1.54) is 7.11 Å². The molecule has 0 radical (unpaired) electrons. The maximum atomic E-state index is 11.6. The number of methoxy groups -OCH3 is 1. The van der Waals surface area contributed by atoms with Crippen LogP contribution < -0.4 is 10.1 Å². The van der Waals surface area contributed by atoms with E-state index >= 15 is 0 Å². The van der Waals surface area contributed by atoms with Gasteiger partial charge in [0.05, 0.1) is 6.54 Å². The van der Waals surface area contributed by atoms with Crippen LogP contribution in [0.3, 0.4) is 0 Å². The van der Waals surface area contributed by atoms with Crippen LogP contribution in [0.25, 0.3) is 0 Å². The molecule has 0 bridgehead atoms. The summed E-state index contributed by atoms with van der Waals surface area (Å²) >= 11 is 0. The van der Waals surface area contributed by atoms with Crippen molar-refractivity contribution < 1.29 is 24.2 Å². The Hall–Kier alpha value is -2.08. The van der Waals surface area contributed by atoms with E-state index in [-0.39, 0.29) is 13.2 Å². The highest BCUT2D eigenvalue weighted by atomic mass is 16.5. The Morgan fingerprint density at radius 3 is 2.60 bits per heavy atom. The van der Waals surface area contributed by atoms with Gasteiger partial charge in [0.25, 0.3) is 5.91 Å². The molecule has 2 N–H and O–H groups in total. The average Bonchev–Trinajstić information content (AvgIpc) is 2.38. The zero-order chi connectivity index (χ0) is 15.1. The molecule has 0 heterocycles. The highest BCUT2D eigenvalue weighted by Crippen LogP contribution is 2.18. The van der Waals surface area contributed by atoms with Crippen LogP contribution in [0.5, 0.6) is 5.75 Å². The Morgan fingerprint density at radius 1 is 1.35 bits per heavy atom. The molecule has 0 spiro atoms. The number of amides is 1. The van der Waals surface area contributed by atoms with Crippen LogP contribution in [0.15, 0.2) is 18.2 Å². The maximum Gasteiger partial charge on any atom is 0.334 e. The van der Waals surface area contributed by atoms with E-state index in [9.17, 15) is 9.59 Å². The molecule has 20 heavy (non-hydrogen) atoms. The van der Waals surface area contributed by atoms with Crippen molar-refractivity contribution in [1.82, 2.24) is 5.32 Å². The van der Waals surface area contributed by atoms with E-state index in [1.807, 2.05) is 26.0 Å². The number of carbonyl (C=O) groups excluding carboxylic acids is 1. The zero-order valence-corrected chi connectivity index (χ0v) is 11.8. The van der Waals surface area contributed by atoms with Crippen molar-refractivity contribution >= 4 is 11.9 Å². The molecule has 6 heteroatoms. The van der Waals surface area contributed by atoms with Crippen LogP contribution in [0.4, 0.5) is 0 Å². The van der Waals surface area contributed by atoms with Crippen LogP contribution in [0.1, 0.15) is 11.1 Å². The summed E-state index contributed by atoms with van der Waals surface area (Å²) in [5.74, 6) is -0.886. The molecule has 0 saturated carbocycles. The third kappa shape index (κ3) is 4.89. The van der Waals surface area contributed by atoms with E-state index in [0.717, 1.165) is 11.1 Å². The van der Waals surface area contributed by atoms with Crippen LogP contribution in [-0.4, -0.2) is 43.3 Å². The lowest BCUT2D eigenvalue weighted by Crippen LogP contribution is -2.39. The lowest BCUT2D eigenvalue weighted by molar-refractivity contribution is -0.148. The highest BCUT2D eigenvalue weighted by molar-refractivity contribution is 5.79. The Labute approximate surface area is 117 Å². The first-order valence-corrected chi connectivity index (χ1v) is 6.16. The number of hydrogen-bond donors (Lipinski definition) is 2. The summed E-state index contributed by atoms with van der Waals surface area (Å²) in [5.41, 5.74) is 2.06. The van der Waals surface area contributed by atoms with E-state index in [0.29, 0.717) is 5.75 Å². The zero-order valence-electron chi connectivity index (χ0n) is 11.8. The highest BCUT2D eigenvalue weighted by Gasteiger charge is 2.17. The van der Waals surface area contributed by atoms with Gasteiger partial charge in [-0.15, -0.1) is 0 Å². The summed E-state index contributed by atoms with van der Waals surface area (Å²) in [6.07, 6.45) is -1.06. The van der Waals surface area contributed by atoms with Gasteiger partial charge in [-0.05, 0) is 25.5 Å². The second-order valence-corrected chi connectivity index (χ2v) is 4.42. The first kappa shape index (κ1) is 16.0. The van der Waals surface area contributed by atoms with Gasteiger partial charge in [0.2, 0.25) is 0 Å². The summed E-state index contributed by atoms with van der Waals surface area (Å²) < 4.78 is 10.1. The van der Waals surface area contributed by atoms with Crippen molar-refractivity contribution in [1.29, 1.82) is 0 Å². The molecule has 1 aromatic rings. The van der Waals surface area contributed by atoms with Gasteiger partial charge in [0, 0.05) is 7.11 Å². The Kier molecular flexibility index (Phi) is 5.99. The van der Waals surface area contributed by atoms with E-state index in [4.69, 9.17) is 14.6 Å². The largest absolute Gasteiger partial charge is 0.484 e. The van der Waals surface area contributed by atoms with Crippen molar-refractivity contribution in [2.45, 2.75) is 20.0 Å². The molecular formula is C14H19NO5. The minimum absolute atomic E-state index is 0.0963. The monoisotopic (exact) mass is 281 g/mol. The predicted octanol–water partition coefficient (Wildman–Crippen LogP) is 0.898. The van der Waals surface area contributed by atoms with Crippen LogP contribution >= 0.6 is 0 Å². The first-order chi connectivity index (χ1) is 9.43. The summed E-state index contributed by atoms with van der Waals surface area (Å²) in [6.45, 7) is 3.60. The summed E-state index contributed by atoms with van der Waals surface area (Å²) in [4.78, 5) is 22.2. The Balaban J connectivity index is 2.41. The predicted molar refractivity (Wildman–Crippen MR) is 72.9 cm³/mol. The molecular weight excluding hydrogens is 262 g/mol. The molecule has 0 saturated heterocycles. The Morgan fingerprint density at radius 2 is 2.05 bits per heavy atom. The van der Waals surface area contributed by atoms with E-state index < -0.39 is 18.0 Å². The van der Waals surface area contributed by atoms with Crippen LogP contribution in [0, 0.1) is 13.8 Å². The average molecular weight is 281 g/mol. The van der Waals surface area contributed by atoms with Crippen molar-refractivity contribution in [3.05, 3.63) is 29.3 Å². The quantitative estimate of drug-likeness (QED) is 0.775. The van der Waals surface area contributed by atoms with Crippen molar-refractivity contribution in [2.75, 3.05) is 20.3 Å². The number of rotatable bonds is 7. The second kappa shape index (κ2) is 7.49. The topological polar surface area (TPSA) is 84.9 Å². The second-order valence-electron chi connectivity index (χ2n) is 4.42. The number of aryl methyl sites for hydroxylation is 2. The number of carboxylic acids is 1. The van der Waals surface area contributed by atoms with Crippen molar-refractivity contribution in [2.24, 2.45) is 0 Å². The normalized spacial score (nSPS) is 11.8. The number of carboxylic acid groups (broad SMARTS) is 1. The molecule has 1 atom stereocenters. The fourth-order valence-electron chi connectivity index (χ4n) is 1.63. The molecule has 1 aromatic carbocycles. The summed E-state index contributed by atoms with van der Waals surface area (Å²) in [6, 6.07) is 5.65. The lowest BCUT2D eigenvalue weighted by atomic mass is 10.1. The molecule has 6 nitrogen and oxygen atoms in total. The van der Waals surface area contributed by atoms with Gasteiger partial charge in [-0.25, -0.2) is 4.79 Å². The molecule has 0 aliphatic rings. The number of ether oxygens (including phenoxy) is 2. The van der Waals surface area contributed by atoms with Crippen molar-refractivity contribution in [3.8, 4) is 5.75 Å². The summed E-state index contributed by atoms with van der Waals surface area (Å²) in [7, 11) is 1.27. The summed E-state index contributed by atoms with van der Waals surface area (Å²) in [5, 5.41) is 11.2. The number of benzene rings is 1. The molecule has 1 unspecified atom stereocenters. The first-order valence-electron chi connectivity index (χ1n) is 6.16. The molecule has 110 valence electrons. The van der Waals surface area contributed by atoms with Gasteiger partial charge in [0.1, 0.15) is 5.75 Å². The molecule has 0 aliphatic heterocycles. The third-order valence-electron chi connectivity index (χ3n) is 2.73. The van der Waals surface area contributed by atoms with Gasteiger partial charge in [-0.3, -0.25) is 4.79 Å². The van der Waals surface area contributed by atoms with Gasteiger partial charge < -0.3 is 19.9 Å². The fourth-order valence-corrected chi connectivity index (χ4v) is 1.63. The van der Waals surface area contributed by atoms with E-state index in [2.05, 4.69) is 5.32 Å². The number of aliphatic carboxylic acids is 1. The number of nitrogens with one attached hydrogen (secondary N) is 1. The van der Waals surface area contributed by atoms with Gasteiger partial charge in [-0.1, -0.05) is 17.7 Å². The molecule has 0 aliphatic carbocycles. The number of carbonyl (C=O) groups is 2. The fraction of sp³-hybridized carbons (Fsp3) is 0.429. The van der Waals surface area contributed by atoms with Gasteiger partial charge in [0.15, 0.2) is 12.7 Å². The van der Waals surface area contributed by atoms with E-state index in [1.54, 1.807) is 6.07 Å². The standard InChI is InChI=1S/C14H19NO5/c1-9-4-5-11(10(2)6-9)20-8-13(16)15-7-12(19-3)14(17)18/h4-6,12H,7-8H2,1-3H3,(H,15,16)(H,17,18). The van der Waals surface area contributed by atoms with Crippen LogP contribution in [0.2, 0.25) is 0 Å². The SMILES string of the molecule is COC(CNC(=O)COc1ccc(C)cc1C)C(=O)O. The maximum absolute atomic E-state index is 11.6. The lowest BCUT2D eigenvalue weighted by Gasteiger charge is -2.13. The van der Waals surface area contributed by atoms with Crippen LogP contribution in [-0.2, 0) is 14.3 Å². The minimum Gasteiger partial charge on any atom is -0.484 e. The van der Waals surface area contributed by atoms with Crippen molar-refractivity contribution in [3.63, 3.8) is 0 Å². The minimum atomic E-state index is -1.12. The van der Waals surface area contributed by atoms with Gasteiger partial charge >= 0.3 is 5.97 Å². The molecule has 0 aromatic heterocycles. The number of hydrogen-bond acceptors (Lipinski definition) is 4. The van der Waals surface area contributed by atoms with Gasteiger partial charge in [-0.2, -0.15) is 0 Å². The smallest absolute Gasteiger partial charge is 0.334 e. The molecule has 0 fully saturated rings. The Bertz CT molecular complexity index is 486.